The van der Waals surface area contributed by atoms with Crippen LogP contribution in [0.4, 0.5) is 0 Å². The molecule has 0 heterocycles. The topological polar surface area (TPSA) is 82.9 Å². The van der Waals surface area contributed by atoms with Crippen molar-refractivity contribution in [3.05, 3.63) is 0 Å². The van der Waals surface area contributed by atoms with E-state index >= 15 is 0 Å². The van der Waals surface area contributed by atoms with Crippen molar-refractivity contribution >= 4 is 23.2 Å². The van der Waals surface area contributed by atoms with Gasteiger partial charge in [0.25, 0.3) is 0 Å². The summed E-state index contributed by atoms with van der Waals surface area (Å²) < 4.78 is 0. The van der Waals surface area contributed by atoms with Crippen LogP contribution in [0, 0.1) is 11.8 Å². The lowest BCUT2D eigenvalue weighted by atomic mass is 9.89. The van der Waals surface area contributed by atoms with Gasteiger partial charge in [0.15, 0.2) is 0 Å². The Hall–Kier alpha value is -1.72. The van der Waals surface area contributed by atoms with E-state index in [2.05, 4.69) is 34.9 Å². The highest BCUT2D eigenvalue weighted by Gasteiger charge is 2.15. The summed E-state index contributed by atoms with van der Waals surface area (Å²) >= 11 is 0. The average molecular weight is 363 g/mol. The molecule has 0 aliphatic heterocycles. The van der Waals surface area contributed by atoms with Gasteiger partial charge in [0.2, 0.25) is 11.8 Å². The maximum atomic E-state index is 11.8. The zero-order valence-corrected chi connectivity index (χ0v) is 16.4. The Morgan fingerprint density at radius 1 is 0.846 bits per heavy atom. The van der Waals surface area contributed by atoms with Crippen LogP contribution >= 0.6 is 0 Å². The van der Waals surface area contributed by atoms with Crippen LogP contribution in [0.3, 0.4) is 0 Å². The Labute approximate surface area is 157 Å². The number of hydrogen-bond acceptors (Lipinski definition) is 4. The predicted octanol–water partition coefficient (Wildman–Crippen LogP) is 3.91. The van der Waals surface area contributed by atoms with E-state index in [-0.39, 0.29) is 11.8 Å². The molecular formula is C20H34N4O2. The Morgan fingerprint density at radius 2 is 1.27 bits per heavy atom. The third kappa shape index (κ3) is 8.11. The fourth-order valence-corrected chi connectivity index (χ4v) is 3.69. The quantitative estimate of drug-likeness (QED) is 0.531. The predicted molar refractivity (Wildman–Crippen MR) is 105 cm³/mol. The molecule has 0 spiro atoms. The summed E-state index contributed by atoms with van der Waals surface area (Å²) in [5, 5.41) is 8.51. The second-order valence-electron chi connectivity index (χ2n) is 8.04. The Kier molecular flexibility index (Phi) is 8.78. The summed E-state index contributed by atoms with van der Waals surface area (Å²) in [6.45, 7) is 4.45. The van der Waals surface area contributed by atoms with Gasteiger partial charge >= 0.3 is 0 Å². The highest BCUT2D eigenvalue weighted by molar-refractivity contribution is 5.87. The van der Waals surface area contributed by atoms with E-state index in [0.29, 0.717) is 37.5 Å². The number of nitrogens with one attached hydrogen (secondary N) is 2. The Morgan fingerprint density at radius 3 is 1.65 bits per heavy atom. The molecule has 2 saturated carbocycles. The molecule has 0 aromatic rings. The lowest BCUT2D eigenvalue weighted by molar-refractivity contribution is -0.123. The highest BCUT2D eigenvalue weighted by Crippen LogP contribution is 2.21. The van der Waals surface area contributed by atoms with Crippen LogP contribution in [-0.4, -0.2) is 23.2 Å². The summed E-state index contributed by atoms with van der Waals surface area (Å²) in [6, 6.07) is 0. The van der Waals surface area contributed by atoms with Gasteiger partial charge < -0.3 is 0 Å². The first kappa shape index (κ1) is 20.6. The standard InChI is InChI=1S/C20H34N4O2/c1-15-7-5-9-17(13-15)21-23-19(25)11-3-4-12-20(26)24-22-18-10-6-8-16(2)14-18/h15-16H,3-14H2,1-2H3,(H,23,25)(H,24,26)/b21-17+,22-18+. The van der Waals surface area contributed by atoms with Gasteiger partial charge in [-0.25, -0.2) is 10.9 Å². The van der Waals surface area contributed by atoms with Crippen LogP contribution in [0.5, 0.6) is 0 Å². The zero-order valence-electron chi connectivity index (χ0n) is 16.4. The van der Waals surface area contributed by atoms with Gasteiger partial charge in [-0.2, -0.15) is 10.2 Å². The average Bonchev–Trinajstić information content (AvgIpc) is 2.62. The summed E-state index contributed by atoms with van der Waals surface area (Å²) in [5.41, 5.74) is 7.53. The second-order valence-corrected chi connectivity index (χ2v) is 8.04. The third-order valence-corrected chi connectivity index (χ3v) is 5.23. The molecule has 2 rings (SSSR count). The Balaban J connectivity index is 1.55. The highest BCUT2D eigenvalue weighted by atomic mass is 16.2. The molecule has 2 aliphatic rings. The molecule has 0 radical (unpaired) electrons. The SMILES string of the molecule is CC1CCC/C(=N\NC(=O)CCCCC(=O)N/N=C2\CCCC(C)C2)C1. The van der Waals surface area contributed by atoms with Crippen molar-refractivity contribution < 1.29 is 9.59 Å². The van der Waals surface area contributed by atoms with Crippen LogP contribution < -0.4 is 10.9 Å². The maximum absolute atomic E-state index is 11.8. The van der Waals surface area contributed by atoms with Crippen LogP contribution in [0.1, 0.15) is 90.9 Å². The number of hydrazone groups is 2. The minimum Gasteiger partial charge on any atom is -0.273 e. The van der Waals surface area contributed by atoms with Crippen molar-refractivity contribution in [3.63, 3.8) is 0 Å². The molecule has 2 amide bonds. The number of hydrogen-bond donors (Lipinski definition) is 2. The number of nitrogens with zero attached hydrogens (tertiary/aromatic N) is 2. The molecule has 26 heavy (non-hydrogen) atoms. The molecule has 2 aliphatic carbocycles. The van der Waals surface area contributed by atoms with E-state index in [1.54, 1.807) is 0 Å². The monoisotopic (exact) mass is 362 g/mol. The summed E-state index contributed by atoms with van der Waals surface area (Å²) in [6.07, 6.45) is 11.0. The number of carbonyl (C=O) groups excluding carboxylic acids is 2. The largest absolute Gasteiger partial charge is 0.273 e. The minimum atomic E-state index is -0.0624. The fourth-order valence-electron chi connectivity index (χ4n) is 3.69. The zero-order chi connectivity index (χ0) is 18.8. The first-order valence-corrected chi connectivity index (χ1v) is 10.2. The second kappa shape index (κ2) is 11.1. The molecule has 6 heteroatoms. The molecular weight excluding hydrogens is 328 g/mol. The van der Waals surface area contributed by atoms with Crippen LogP contribution in [0.2, 0.25) is 0 Å². The van der Waals surface area contributed by atoms with Crippen molar-refractivity contribution in [2.45, 2.75) is 90.9 Å². The molecule has 146 valence electrons. The molecule has 0 aromatic heterocycles. The molecule has 2 unspecified atom stereocenters. The first-order chi connectivity index (χ1) is 12.5. The fraction of sp³-hybridized carbons (Fsp3) is 0.800. The Bertz CT molecular complexity index is 494. The number of unbranched alkanes of at least 4 members (excludes halogenated alkanes) is 1. The van der Waals surface area contributed by atoms with Gasteiger partial charge in [0.1, 0.15) is 0 Å². The molecule has 2 fully saturated rings. The van der Waals surface area contributed by atoms with E-state index < -0.39 is 0 Å². The summed E-state index contributed by atoms with van der Waals surface area (Å²) in [7, 11) is 0. The smallest absolute Gasteiger partial charge is 0.240 e. The number of amides is 2. The van der Waals surface area contributed by atoms with Gasteiger partial charge in [-0.1, -0.05) is 13.8 Å². The number of rotatable bonds is 7. The lowest BCUT2D eigenvalue weighted by Crippen LogP contribution is -2.23. The normalized spacial score (nSPS) is 26.7. The van der Waals surface area contributed by atoms with Crippen molar-refractivity contribution in [1.29, 1.82) is 0 Å². The third-order valence-electron chi connectivity index (χ3n) is 5.23. The van der Waals surface area contributed by atoms with Crippen LogP contribution in [0.25, 0.3) is 0 Å². The molecule has 0 aromatic carbocycles. The van der Waals surface area contributed by atoms with Crippen molar-refractivity contribution in [2.75, 3.05) is 0 Å². The van der Waals surface area contributed by atoms with Crippen LogP contribution in [0.15, 0.2) is 10.2 Å². The summed E-state index contributed by atoms with van der Waals surface area (Å²) in [5.74, 6) is 1.21. The number of carbonyl (C=O) groups is 2. The first-order valence-electron chi connectivity index (χ1n) is 10.2. The maximum Gasteiger partial charge on any atom is 0.240 e. The van der Waals surface area contributed by atoms with E-state index in [1.165, 1.54) is 12.8 Å². The molecule has 0 saturated heterocycles. The van der Waals surface area contributed by atoms with Gasteiger partial charge in [0.05, 0.1) is 0 Å². The summed E-state index contributed by atoms with van der Waals surface area (Å²) in [4.78, 5) is 23.7. The van der Waals surface area contributed by atoms with E-state index in [1.807, 2.05) is 0 Å². The molecule has 2 atom stereocenters. The van der Waals surface area contributed by atoms with E-state index in [9.17, 15) is 9.59 Å². The van der Waals surface area contributed by atoms with Crippen LogP contribution in [-0.2, 0) is 9.59 Å². The van der Waals surface area contributed by atoms with E-state index in [4.69, 9.17) is 0 Å². The van der Waals surface area contributed by atoms with Crippen molar-refractivity contribution in [2.24, 2.45) is 22.0 Å². The van der Waals surface area contributed by atoms with Crippen molar-refractivity contribution in [3.8, 4) is 0 Å². The molecule has 2 N–H and O–H groups in total. The molecule has 0 bridgehead atoms. The van der Waals surface area contributed by atoms with Gasteiger partial charge in [-0.15, -0.1) is 0 Å². The lowest BCUT2D eigenvalue weighted by Gasteiger charge is -2.19. The van der Waals surface area contributed by atoms with Gasteiger partial charge in [0, 0.05) is 24.3 Å². The molecule has 6 nitrogen and oxygen atoms in total. The van der Waals surface area contributed by atoms with E-state index in [0.717, 1.165) is 49.9 Å². The minimum absolute atomic E-state index is 0.0624. The van der Waals surface area contributed by atoms with Gasteiger partial charge in [-0.05, 0) is 76.0 Å². The van der Waals surface area contributed by atoms with Gasteiger partial charge in [-0.3, -0.25) is 9.59 Å². The van der Waals surface area contributed by atoms with Crippen molar-refractivity contribution in [1.82, 2.24) is 10.9 Å².